The van der Waals surface area contributed by atoms with Crippen LogP contribution in [0.4, 0.5) is 8.78 Å². The average molecular weight is 508 g/mol. The highest BCUT2D eigenvalue weighted by atomic mass is 127. The second-order valence-corrected chi connectivity index (χ2v) is 7.24. The lowest BCUT2D eigenvalue weighted by Crippen LogP contribution is -2.38. The molecule has 2 aromatic rings. The van der Waals surface area contributed by atoms with Crippen LogP contribution in [0.25, 0.3) is 0 Å². The van der Waals surface area contributed by atoms with E-state index >= 15 is 0 Å². The second kappa shape index (κ2) is 12.2. The van der Waals surface area contributed by atoms with Crippen LogP contribution in [-0.4, -0.2) is 30.6 Å². The van der Waals surface area contributed by atoms with Gasteiger partial charge in [-0.25, -0.2) is 13.8 Å². The number of guanidine groups is 1. The SMILES string of the molecule is CCNC(=NCC(C)c1ccc(F)c(F)c1)NCCc1ncc(CC)s1.I. The van der Waals surface area contributed by atoms with Gasteiger partial charge < -0.3 is 10.6 Å². The first-order chi connectivity index (χ1) is 12.5. The molecule has 2 N–H and O–H groups in total. The molecule has 1 aromatic heterocycles. The predicted molar refractivity (Wildman–Crippen MR) is 119 cm³/mol. The maximum Gasteiger partial charge on any atom is 0.191 e. The van der Waals surface area contributed by atoms with Crippen molar-refractivity contribution >= 4 is 41.3 Å². The van der Waals surface area contributed by atoms with Gasteiger partial charge in [0.1, 0.15) is 0 Å². The summed E-state index contributed by atoms with van der Waals surface area (Å²) in [5, 5.41) is 7.61. The van der Waals surface area contributed by atoms with E-state index in [0.29, 0.717) is 12.5 Å². The number of aromatic nitrogens is 1. The largest absolute Gasteiger partial charge is 0.357 e. The van der Waals surface area contributed by atoms with Crippen LogP contribution >= 0.6 is 35.3 Å². The molecule has 0 saturated carbocycles. The first kappa shape index (κ1) is 23.7. The number of aliphatic imine (C=N–C) groups is 1. The first-order valence-electron chi connectivity index (χ1n) is 8.94. The number of nitrogens with zero attached hydrogens (tertiary/aromatic N) is 2. The predicted octanol–water partition coefficient (Wildman–Crippen LogP) is 4.50. The van der Waals surface area contributed by atoms with Gasteiger partial charge in [-0.1, -0.05) is 19.9 Å². The third-order valence-electron chi connectivity index (χ3n) is 3.96. The van der Waals surface area contributed by atoms with Crippen molar-refractivity contribution in [2.24, 2.45) is 4.99 Å². The number of hydrogen-bond donors (Lipinski definition) is 2. The molecular weight excluding hydrogens is 481 g/mol. The summed E-state index contributed by atoms with van der Waals surface area (Å²) in [6.07, 6.45) is 3.79. The number of benzene rings is 1. The van der Waals surface area contributed by atoms with Gasteiger partial charge in [0.15, 0.2) is 17.6 Å². The number of aryl methyl sites for hydroxylation is 1. The smallest absolute Gasteiger partial charge is 0.191 e. The summed E-state index contributed by atoms with van der Waals surface area (Å²) in [6.45, 7) is 8.05. The second-order valence-electron chi connectivity index (χ2n) is 6.04. The van der Waals surface area contributed by atoms with Crippen molar-refractivity contribution < 1.29 is 8.78 Å². The maximum absolute atomic E-state index is 13.4. The molecule has 0 amide bonds. The minimum absolute atomic E-state index is 0. The summed E-state index contributed by atoms with van der Waals surface area (Å²) in [5.74, 6) is -0.938. The summed E-state index contributed by atoms with van der Waals surface area (Å²) < 4.78 is 26.4. The molecule has 2 rings (SSSR count). The van der Waals surface area contributed by atoms with E-state index in [1.807, 2.05) is 20.0 Å². The molecule has 8 heteroatoms. The van der Waals surface area contributed by atoms with Crippen LogP contribution in [0.3, 0.4) is 0 Å². The van der Waals surface area contributed by atoms with Gasteiger partial charge >= 0.3 is 0 Å². The van der Waals surface area contributed by atoms with Gasteiger partial charge in [-0.15, -0.1) is 35.3 Å². The van der Waals surface area contributed by atoms with Crippen LogP contribution < -0.4 is 10.6 Å². The van der Waals surface area contributed by atoms with E-state index in [1.54, 1.807) is 17.4 Å². The van der Waals surface area contributed by atoms with E-state index in [1.165, 1.54) is 10.9 Å². The van der Waals surface area contributed by atoms with Gasteiger partial charge in [0.2, 0.25) is 0 Å². The van der Waals surface area contributed by atoms with Gasteiger partial charge in [0.25, 0.3) is 0 Å². The zero-order chi connectivity index (χ0) is 18.9. The van der Waals surface area contributed by atoms with Gasteiger partial charge in [-0.05, 0) is 31.0 Å². The quantitative estimate of drug-likeness (QED) is 0.314. The van der Waals surface area contributed by atoms with Crippen molar-refractivity contribution in [1.29, 1.82) is 0 Å². The topological polar surface area (TPSA) is 49.3 Å². The molecule has 150 valence electrons. The van der Waals surface area contributed by atoms with Gasteiger partial charge in [-0.2, -0.15) is 0 Å². The number of nitrogens with one attached hydrogen (secondary N) is 2. The highest BCUT2D eigenvalue weighted by Gasteiger charge is 2.09. The van der Waals surface area contributed by atoms with Crippen molar-refractivity contribution in [2.75, 3.05) is 19.6 Å². The Balaban J connectivity index is 0.00000364. The summed E-state index contributed by atoms with van der Waals surface area (Å²) in [7, 11) is 0. The molecule has 1 atom stereocenters. The Bertz CT molecular complexity index is 736. The fourth-order valence-electron chi connectivity index (χ4n) is 2.41. The molecule has 0 spiro atoms. The molecule has 1 unspecified atom stereocenters. The van der Waals surface area contributed by atoms with Crippen LogP contribution in [-0.2, 0) is 12.8 Å². The lowest BCUT2D eigenvalue weighted by Gasteiger charge is -2.13. The van der Waals surface area contributed by atoms with E-state index in [-0.39, 0.29) is 29.9 Å². The van der Waals surface area contributed by atoms with Crippen molar-refractivity contribution in [3.05, 3.63) is 51.5 Å². The Morgan fingerprint density at radius 3 is 2.63 bits per heavy atom. The van der Waals surface area contributed by atoms with Gasteiger partial charge in [-0.3, -0.25) is 4.99 Å². The molecular formula is C19H27F2IN4S. The standard InChI is InChI=1S/C19H26F2N4S.HI/c1-4-15-12-24-18(26-15)8-9-23-19(22-5-2)25-11-13(3)14-6-7-16(20)17(21)10-14;/h6-7,10,12-13H,4-5,8-9,11H2,1-3H3,(H2,22,23,25);1H. The van der Waals surface area contributed by atoms with Crippen LogP contribution in [0.1, 0.15) is 42.1 Å². The number of rotatable bonds is 8. The lowest BCUT2D eigenvalue weighted by atomic mass is 10.0. The Labute approximate surface area is 180 Å². The molecule has 4 nitrogen and oxygen atoms in total. The molecule has 1 heterocycles. The van der Waals surface area contributed by atoms with E-state index in [4.69, 9.17) is 0 Å². The Hall–Kier alpha value is -1.29. The molecule has 0 aliphatic heterocycles. The normalized spacial score (nSPS) is 12.4. The van der Waals surface area contributed by atoms with Gasteiger partial charge in [0, 0.05) is 43.0 Å². The van der Waals surface area contributed by atoms with E-state index in [9.17, 15) is 8.78 Å². The fraction of sp³-hybridized carbons (Fsp3) is 0.474. The van der Waals surface area contributed by atoms with E-state index in [2.05, 4.69) is 27.5 Å². The van der Waals surface area contributed by atoms with Gasteiger partial charge in [0.05, 0.1) is 5.01 Å². The number of thiazole rings is 1. The van der Waals surface area contributed by atoms with Crippen molar-refractivity contribution in [1.82, 2.24) is 15.6 Å². The number of halogens is 3. The molecule has 1 aromatic carbocycles. The fourth-order valence-corrected chi connectivity index (χ4v) is 3.27. The summed E-state index contributed by atoms with van der Waals surface area (Å²) >= 11 is 1.74. The third-order valence-corrected chi connectivity index (χ3v) is 5.16. The molecule has 0 radical (unpaired) electrons. The van der Waals surface area contributed by atoms with Crippen LogP contribution in [0.15, 0.2) is 29.4 Å². The molecule has 0 bridgehead atoms. The van der Waals surface area contributed by atoms with Crippen molar-refractivity contribution in [2.45, 2.75) is 39.5 Å². The van der Waals surface area contributed by atoms with Crippen molar-refractivity contribution in [3.63, 3.8) is 0 Å². The third kappa shape index (κ3) is 7.69. The summed E-state index contributed by atoms with van der Waals surface area (Å²) in [6, 6.07) is 4.00. The van der Waals surface area contributed by atoms with Crippen LogP contribution in [0.5, 0.6) is 0 Å². The minimum Gasteiger partial charge on any atom is -0.357 e. The number of hydrogen-bond acceptors (Lipinski definition) is 3. The Morgan fingerprint density at radius 2 is 2.00 bits per heavy atom. The summed E-state index contributed by atoms with van der Waals surface area (Å²) in [4.78, 5) is 10.3. The highest BCUT2D eigenvalue weighted by Crippen LogP contribution is 2.18. The van der Waals surface area contributed by atoms with Crippen molar-refractivity contribution in [3.8, 4) is 0 Å². The Morgan fingerprint density at radius 1 is 1.22 bits per heavy atom. The summed E-state index contributed by atoms with van der Waals surface area (Å²) in [5.41, 5.74) is 0.735. The maximum atomic E-state index is 13.4. The van der Waals surface area contributed by atoms with Crippen LogP contribution in [0, 0.1) is 11.6 Å². The van der Waals surface area contributed by atoms with Crippen LogP contribution in [0.2, 0.25) is 0 Å². The molecule has 0 aliphatic rings. The highest BCUT2D eigenvalue weighted by molar-refractivity contribution is 14.0. The zero-order valence-electron chi connectivity index (χ0n) is 15.9. The average Bonchev–Trinajstić information content (AvgIpc) is 3.09. The Kier molecular flexibility index (Phi) is 10.8. The molecule has 0 fully saturated rings. The minimum atomic E-state index is -0.826. The first-order valence-corrected chi connectivity index (χ1v) is 9.75. The molecule has 0 aliphatic carbocycles. The van der Waals surface area contributed by atoms with E-state index < -0.39 is 11.6 Å². The lowest BCUT2D eigenvalue weighted by molar-refractivity contribution is 0.505. The van der Waals surface area contributed by atoms with E-state index in [0.717, 1.165) is 42.6 Å². The monoisotopic (exact) mass is 508 g/mol. The molecule has 0 saturated heterocycles. The molecule has 27 heavy (non-hydrogen) atoms. The zero-order valence-corrected chi connectivity index (χ0v) is 19.0.